The van der Waals surface area contributed by atoms with Gasteiger partial charge in [0.15, 0.2) is 0 Å². The number of hydrogen-bond donors (Lipinski definition) is 1. The molecule has 0 spiro atoms. The highest BCUT2D eigenvalue weighted by molar-refractivity contribution is 5.76. The van der Waals surface area contributed by atoms with Gasteiger partial charge in [0.1, 0.15) is 0 Å². The number of aliphatic hydroxyl groups is 1. The first-order valence-corrected chi connectivity index (χ1v) is 6.27. The molecule has 16 heavy (non-hydrogen) atoms. The third kappa shape index (κ3) is 2.55. The van der Waals surface area contributed by atoms with Crippen molar-refractivity contribution < 1.29 is 14.6 Å². The van der Waals surface area contributed by atoms with Crippen LogP contribution in [0.15, 0.2) is 0 Å². The topological polar surface area (TPSA) is 49.8 Å². The number of aliphatic hydroxyl groups excluding tert-OH is 1. The molecule has 0 radical (unpaired) electrons. The summed E-state index contributed by atoms with van der Waals surface area (Å²) in [6.07, 6.45) is 4.23. The fraction of sp³-hybridized carbons (Fsp3) is 0.917. The average molecular weight is 227 g/mol. The third-order valence-electron chi connectivity index (χ3n) is 3.58. The van der Waals surface area contributed by atoms with Gasteiger partial charge in [0.05, 0.1) is 24.9 Å². The van der Waals surface area contributed by atoms with Crippen molar-refractivity contribution in [1.82, 2.24) is 4.90 Å². The molecule has 2 fully saturated rings. The molecule has 0 aromatic carbocycles. The molecule has 0 bridgehead atoms. The molecular formula is C12H21NO3. The maximum atomic E-state index is 12.0. The Hall–Kier alpha value is -0.610. The Kier molecular flexibility index (Phi) is 3.82. The summed E-state index contributed by atoms with van der Waals surface area (Å²) in [6.45, 7) is 3.12. The molecule has 1 amide bonds. The van der Waals surface area contributed by atoms with E-state index in [1.165, 1.54) is 0 Å². The lowest BCUT2D eigenvalue weighted by molar-refractivity contribution is -0.144. The summed E-state index contributed by atoms with van der Waals surface area (Å²) in [6, 6.07) is 0.301. The predicted octanol–water partition coefficient (Wildman–Crippen LogP) is 0.927. The summed E-state index contributed by atoms with van der Waals surface area (Å²) in [7, 11) is 0. The largest absolute Gasteiger partial charge is 0.393 e. The van der Waals surface area contributed by atoms with Crippen LogP contribution in [0.3, 0.4) is 0 Å². The molecule has 3 atom stereocenters. The van der Waals surface area contributed by atoms with Gasteiger partial charge in [-0.1, -0.05) is 0 Å². The fourth-order valence-corrected chi connectivity index (χ4v) is 2.71. The van der Waals surface area contributed by atoms with Crippen molar-refractivity contribution in [3.8, 4) is 0 Å². The second kappa shape index (κ2) is 5.15. The summed E-state index contributed by atoms with van der Waals surface area (Å²) in [5.41, 5.74) is 0. The third-order valence-corrected chi connectivity index (χ3v) is 3.58. The van der Waals surface area contributed by atoms with Crippen LogP contribution in [-0.2, 0) is 9.53 Å². The number of carbonyl (C=O) groups is 1. The van der Waals surface area contributed by atoms with Crippen LogP contribution in [0.2, 0.25) is 0 Å². The molecule has 1 heterocycles. The molecule has 2 rings (SSSR count). The normalized spacial score (nSPS) is 31.2. The van der Waals surface area contributed by atoms with E-state index in [9.17, 15) is 9.90 Å². The summed E-state index contributed by atoms with van der Waals surface area (Å²) in [5.74, 6) is 0.182. The lowest BCUT2D eigenvalue weighted by atomic mass is 10.1. The van der Waals surface area contributed by atoms with Gasteiger partial charge in [-0.15, -0.1) is 0 Å². The van der Waals surface area contributed by atoms with Crippen molar-refractivity contribution in [1.29, 1.82) is 0 Å². The fourth-order valence-electron chi connectivity index (χ4n) is 2.71. The van der Waals surface area contributed by atoms with Crippen molar-refractivity contribution in [2.75, 3.05) is 13.2 Å². The molecule has 4 heteroatoms. The molecule has 1 saturated heterocycles. The minimum absolute atomic E-state index is 0.182. The lowest BCUT2D eigenvalue weighted by Gasteiger charge is -2.37. The number of rotatable bonds is 3. The van der Waals surface area contributed by atoms with Gasteiger partial charge < -0.3 is 14.7 Å². The van der Waals surface area contributed by atoms with E-state index < -0.39 is 0 Å². The van der Waals surface area contributed by atoms with Crippen molar-refractivity contribution in [3.05, 3.63) is 0 Å². The second-order valence-corrected chi connectivity index (χ2v) is 4.88. The van der Waals surface area contributed by atoms with Crippen molar-refractivity contribution in [3.63, 3.8) is 0 Å². The van der Waals surface area contributed by atoms with Gasteiger partial charge >= 0.3 is 0 Å². The molecule has 1 N–H and O–H groups in total. The standard InChI is InChI=1S/C12H21NO3/c1-9(14)5-6-12(15)13-7-8-16-11-4-2-3-10(11)13/h9-11,14H,2-8H2,1H3. The molecule has 0 aromatic heterocycles. The quantitative estimate of drug-likeness (QED) is 0.780. The number of amides is 1. The maximum Gasteiger partial charge on any atom is 0.223 e. The van der Waals surface area contributed by atoms with Gasteiger partial charge in [0.2, 0.25) is 5.91 Å². The number of ether oxygens (including phenoxy) is 1. The zero-order chi connectivity index (χ0) is 11.5. The van der Waals surface area contributed by atoms with Crippen LogP contribution < -0.4 is 0 Å². The van der Waals surface area contributed by atoms with E-state index in [-0.39, 0.29) is 18.1 Å². The molecule has 3 unspecified atom stereocenters. The molecule has 92 valence electrons. The van der Waals surface area contributed by atoms with E-state index >= 15 is 0 Å². The van der Waals surface area contributed by atoms with Crippen LogP contribution in [0.5, 0.6) is 0 Å². The Morgan fingerprint density at radius 1 is 1.56 bits per heavy atom. The molecule has 2 aliphatic rings. The Balaban J connectivity index is 1.89. The summed E-state index contributed by atoms with van der Waals surface area (Å²) in [4.78, 5) is 14.0. The zero-order valence-electron chi connectivity index (χ0n) is 9.89. The average Bonchev–Trinajstić information content (AvgIpc) is 2.73. The van der Waals surface area contributed by atoms with Crippen molar-refractivity contribution >= 4 is 5.91 Å². The minimum atomic E-state index is -0.385. The first-order valence-electron chi connectivity index (χ1n) is 6.27. The monoisotopic (exact) mass is 227 g/mol. The van der Waals surface area contributed by atoms with Crippen LogP contribution >= 0.6 is 0 Å². The van der Waals surface area contributed by atoms with Gasteiger partial charge in [-0.3, -0.25) is 4.79 Å². The summed E-state index contributed by atoms with van der Waals surface area (Å²) >= 11 is 0. The van der Waals surface area contributed by atoms with E-state index in [0.29, 0.717) is 25.5 Å². The summed E-state index contributed by atoms with van der Waals surface area (Å²) in [5, 5.41) is 9.19. The van der Waals surface area contributed by atoms with Crippen LogP contribution in [0.1, 0.15) is 39.0 Å². The molecule has 1 aliphatic carbocycles. The van der Waals surface area contributed by atoms with Gasteiger partial charge in [-0.25, -0.2) is 0 Å². The molecule has 0 aromatic rings. The summed E-state index contributed by atoms with van der Waals surface area (Å²) < 4.78 is 5.66. The van der Waals surface area contributed by atoms with Crippen molar-refractivity contribution in [2.24, 2.45) is 0 Å². The maximum absolute atomic E-state index is 12.0. The zero-order valence-corrected chi connectivity index (χ0v) is 9.89. The number of carbonyl (C=O) groups excluding carboxylic acids is 1. The molecule has 4 nitrogen and oxygen atoms in total. The van der Waals surface area contributed by atoms with Gasteiger partial charge in [0, 0.05) is 13.0 Å². The highest BCUT2D eigenvalue weighted by Gasteiger charge is 2.37. The molecular weight excluding hydrogens is 206 g/mol. The smallest absolute Gasteiger partial charge is 0.223 e. The van der Waals surface area contributed by atoms with Crippen LogP contribution in [0.25, 0.3) is 0 Å². The number of hydrogen-bond acceptors (Lipinski definition) is 3. The van der Waals surface area contributed by atoms with Gasteiger partial charge in [-0.2, -0.15) is 0 Å². The number of fused-ring (bicyclic) bond motifs is 1. The molecule has 1 saturated carbocycles. The number of morpholine rings is 1. The van der Waals surface area contributed by atoms with E-state index in [2.05, 4.69) is 0 Å². The SMILES string of the molecule is CC(O)CCC(=O)N1CCOC2CCCC21. The Morgan fingerprint density at radius 2 is 2.38 bits per heavy atom. The highest BCUT2D eigenvalue weighted by atomic mass is 16.5. The van der Waals surface area contributed by atoms with E-state index in [4.69, 9.17) is 4.74 Å². The van der Waals surface area contributed by atoms with Crippen LogP contribution in [0.4, 0.5) is 0 Å². The van der Waals surface area contributed by atoms with Crippen molar-refractivity contribution in [2.45, 2.75) is 57.3 Å². The lowest BCUT2D eigenvalue weighted by Crippen LogP contribution is -2.51. The second-order valence-electron chi connectivity index (χ2n) is 4.88. The number of nitrogens with zero attached hydrogens (tertiary/aromatic N) is 1. The van der Waals surface area contributed by atoms with E-state index in [1.54, 1.807) is 6.92 Å². The van der Waals surface area contributed by atoms with Crippen LogP contribution in [-0.4, -0.2) is 47.3 Å². The van der Waals surface area contributed by atoms with Gasteiger partial charge in [-0.05, 0) is 32.6 Å². The first-order chi connectivity index (χ1) is 7.68. The van der Waals surface area contributed by atoms with E-state index in [1.807, 2.05) is 4.90 Å². The molecule has 1 aliphatic heterocycles. The predicted molar refractivity (Wildman–Crippen MR) is 60.0 cm³/mol. The Morgan fingerprint density at radius 3 is 3.12 bits per heavy atom. The first kappa shape index (κ1) is 11.9. The Bertz CT molecular complexity index is 255. The van der Waals surface area contributed by atoms with Crippen LogP contribution in [0, 0.1) is 0 Å². The van der Waals surface area contributed by atoms with Gasteiger partial charge in [0.25, 0.3) is 0 Å². The van der Waals surface area contributed by atoms with E-state index in [0.717, 1.165) is 25.8 Å². The Labute approximate surface area is 96.6 Å². The highest BCUT2D eigenvalue weighted by Crippen LogP contribution is 2.30. The minimum Gasteiger partial charge on any atom is -0.393 e.